The summed E-state index contributed by atoms with van der Waals surface area (Å²) in [5, 5.41) is 25.7. The lowest BCUT2D eigenvalue weighted by Crippen LogP contribution is -2.50. The van der Waals surface area contributed by atoms with E-state index in [1.165, 1.54) is 17.4 Å². The molecule has 1 saturated heterocycles. The van der Waals surface area contributed by atoms with Crippen molar-refractivity contribution in [1.82, 2.24) is 15.1 Å². The number of hydrogen-bond donors (Lipinski definition) is 2. The van der Waals surface area contributed by atoms with E-state index in [4.69, 9.17) is 19.7 Å². The molecule has 234 valence electrons. The lowest BCUT2D eigenvalue weighted by Gasteiger charge is -2.36. The average molecular weight is 634 g/mol. The number of carboxylic acids is 2. The van der Waals surface area contributed by atoms with E-state index >= 15 is 0 Å². The van der Waals surface area contributed by atoms with Gasteiger partial charge in [0.2, 0.25) is 0 Å². The van der Waals surface area contributed by atoms with Crippen molar-refractivity contribution in [2.45, 2.75) is 52.1 Å². The lowest BCUT2D eigenvalue weighted by atomic mass is 9.95. The number of aromatic nitrogens is 2. The molecule has 0 aliphatic carbocycles. The van der Waals surface area contributed by atoms with Crippen molar-refractivity contribution in [3.8, 4) is 26.9 Å². The molecular weight excluding hydrogens is 604 g/mol. The number of likely N-dealkylation sites (tertiary alicyclic amines) is 1. The number of hydrogen-bond acceptors (Lipinski definition) is 7. The zero-order valence-corrected chi connectivity index (χ0v) is 24.1. The molecule has 2 heterocycles. The van der Waals surface area contributed by atoms with Gasteiger partial charge in [0.25, 0.3) is 0 Å². The van der Waals surface area contributed by atoms with Crippen molar-refractivity contribution in [1.29, 1.82) is 0 Å². The summed E-state index contributed by atoms with van der Waals surface area (Å²) >= 11 is 1.25. The second-order valence-corrected chi connectivity index (χ2v) is 10.9. The first-order valence-electron chi connectivity index (χ1n) is 13.1. The van der Waals surface area contributed by atoms with Crippen LogP contribution in [0.2, 0.25) is 0 Å². The van der Waals surface area contributed by atoms with Gasteiger partial charge in [-0.15, -0.1) is 10.2 Å². The highest BCUT2D eigenvalue weighted by Crippen LogP contribution is 2.41. The van der Waals surface area contributed by atoms with E-state index in [0.29, 0.717) is 28.7 Å². The van der Waals surface area contributed by atoms with Gasteiger partial charge in [0.05, 0.1) is 17.6 Å². The largest absolute Gasteiger partial charge is 0.490 e. The Hall–Kier alpha value is -3.72. The fraction of sp³-hybridized carbons (Fsp3) is 0.429. The predicted octanol–water partition coefficient (Wildman–Crippen LogP) is 6.43. The van der Waals surface area contributed by atoms with Crippen LogP contribution >= 0.6 is 11.3 Å². The van der Waals surface area contributed by atoms with E-state index in [-0.39, 0.29) is 17.8 Å². The number of nitrogens with zero attached hydrogens (tertiary/aromatic N) is 3. The van der Waals surface area contributed by atoms with Gasteiger partial charge in [-0.25, -0.2) is 4.79 Å². The summed E-state index contributed by atoms with van der Waals surface area (Å²) in [6.07, 6.45) is -8.48. The maximum atomic E-state index is 13.7. The van der Waals surface area contributed by atoms with Crippen LogP contribution in [0.25, 0.3) is 21.1 Å². The van der Waals surface area contributed by atoms with Gasteiger partial charge in [0, 0.05) is 30.8 Å². The summed E-state index contributed by atoms with van der Waals surface area (Å²) in [4.78, 5) is 22.1. The molecule has 1 aromatic heterocycles. The molecule has 1 aliphatic heterocycles. The maximum absolute atomic E-state index is 13.7. The Balaban J connectivity index is 0.000000646. The van der Waals surface area contributed by atoms with E-state index in [0.717, 1.165) is 42.1 Å². The van der Waals surface area contributed by atoms with Crippen LogP contribution in [0.15, 0.2) is 36.4 Å². The van der Waals surface area contributed by atoms with Gasteiger partial charge in [-0.2, -0.15) is 26.3 Å². The van der Waals surface area contributed by atoms with Crippen LogP contribution in [-0.2, 0) is 28.6 Å². The summed E-state index contributed by atoms with van der Waals surface area (Å²) in [5.74, 6) is -4.00. The zero-order chi connectivity index (χ0) is 32.1. The molecule has 8 nitrogen and oxygen atoms in total. The van der Waals surface area contributed by atoms with Crippen LogP contribution in [0.4, 0.5) is 26.3 Å². The van der Waals surface area contributed by atoms with Gasteiger partial charge in [-0.3, -0.25) is 4.79 Å². The van der Waals surface area contributed by atoms with Gasteiger partial charge >= 0.3 is 24.3 Å². The normalized spacial score (nSPS) is 14.2. The second-order valence-electron chi connectivity index (χ2n) is 9.93. The van der Waals surface area contributed by atoms with Crippen molar-refractivity contribution in [3.05, 3.63) is 53.1 Å². The zero-order valence-electron chi connectivity index (χ0n) is 23.3. The van der Waals surface area contributed by atoms with E-state index in [9.17, 15) is 31.1 Å². The summed E-state index contributed by atoms with van der Waals surface area (Å²) < 4.78 is 78.1. The minimum absolute atomic E-state index is 0.205. The highest BCUT2D eigenvalue weighted by atomic mass is 32.1. The fourth-order valence-electron chi connectivity index (χ4n) is 4.36. The third kappa shape index (κ3) is 8.89. The number of aliphatic carboxylic acids is 2. The molecule has 4 rings (SSSR count). The Bertz CT molecular complexity index is 1430. The molecule has 1 fully saturated rings. The molecule has 0 bridgehead atoms. The van der Waals surface area contributed by atoms with Crippen molar-refractivity contribution in [3.63, 3.8) is 0 Å². The Morgan fingerprint density at radius 1 is 1.05 bits per heavy atom. The second kappa shape index (κ2) is 13.7. The highest BCUT2D eigenvalue weighted by molar-refractivity contribution is 7.17. The van der Waals surface area contributed by atoms with E-state index in [1.807, 2.05) is 12.1 Å². The fourth-order valence-corrected chi connectivity index (χ4v) is 5.26. The standard InChI is InChI=1S/C26H28F3N3O3S.C2HF3O2/c1-4-19-16(10-11-32-13-18(14-32)25(33)34)6-5-7-20(19)24-31-30-23(36-24)17-8-9-22(35-15(2)3)21(12-17)26(27,28)29;3-2(4,5)1(6)7/h5-9,12,15,18H,4,10-11,13-14H2,1-3H3,(H,33,34);(H,6,7). The van der Waals surface area contributed by atoms with Crippen LogP contribution in [0.5, 0.6) is 5.75 Å². The Kier molecular flexibility index (Phi) is 10.8. The number of rotatable bonds is 9. The summed E-state index contributed by atoms with van der Waals surface area (Å²) in [5.41, 5.74) is 2.69. The van der Waals surface area contributed by atoms with Crippen molar-refractivity contribution in [2.24, 2.45) is 5.92 Å². The van der Waals surface area contributed by atoms with Gasteiger partial charge in [0.1, 0.15) is 15.8 Å². The molecule has 0 spiro atoms. The highest BCUT2D eigenvalue weighted by Gasteiger charge is 2.38. The smallest absolute Gasteiger partial charge is 0.490 e. The Morgan fingerprint density at radius 2 is 1.67 bits per heavy atom. The third-order valence-corrected chi connectivity index (χ3v) is 7.43. The van der Waals surface area contributed by atoms with Crippen LogP contribution in [0, 0.1) is 5.92 Å². The van der Waals surface area contributed by atoms with E-state index in [2.05, 4.69) is 28.1 Å². The lowest BCUT2D eigenvalue weighted by molar-refractivity contribution is -0.192. The number of alkyl halides is 6. The monoisotopic (exact) mass is 633 g/mol. The predicted molar refractivity (Wildman–Crippen MR) is 146 cm³/mol. The van der Waals surface area contributed by atoms with Crippen molar-refractivity contribution >= 4 is 23.3 Å². The van der Waals surface area contributed by atoms with Gasteiger partial charge in [-0.1, -0.05) is 36.5 Å². The number of ether oxygens (including phenoxy) is 1. The van der Waals surface area contributed by atoms with Gasteiger partial charge < -0.3 is 19.8 Å². The average Bonchev–Trinajstić information content (AvgIpc) is 3.36. The maximum Gasteiger partial charge on any atom is 0.490 e. The van der Waals surface area contributed by atoms with Crippen molar-refractivity contribution in [2.75, 3.05) is 19.6 Å². The van der Waals surface area contributed by atoms with Crippen LogP contribution in [0.1, 0.15) is 37.5 Å². The molecule has 2 aromatic carbocycles. The molecule has 43 heavy (non-hydrogen) atoms. The minimum atomic E-state index is -5.08. The first-order valence-corrected chi connectivity index (χ1v) is 13.9. The molecule has 0 unspecified atom stereocenters. The Morgan fingerprint density at radius 3 is 2.21 bits per heavy atom. The van der Waals surface area contributed by atoms with Crippen LogP contribution in [0.3, 0.4) is 0 Å². The quantitative estimate of drug-likeness (QED) is 0.259. The molecule has 0 saturated carbocycles. The number of carbonyl (C=O) groups is 2. The summed E-state index contributed by atoms with van der Waals surface area (Å²) in [7, 11) is 0. The molecule has 15 heteroatoms. The number of halogens is 6. The van der Waals surface area contributed by atoms with Crippen molar-refractivity contribution < 1.29 is 50.9 Å². The molecule has 2 N–H and O–H groups in total. The number of carboxylic acid groups (broad SMARTS) is 2. The van der Waals surface area contributed by atoms with E-state index in [1.54, 1.807) is 19.9 Å². The minimum Gasteiger partial charge on any atom is -0.490 e. The molecular formula is C28H29F6N3O5S. The Labute approximate surface area is 246 Å². The van der Waals surface area contributed by atoms with Crippen LogP contribution < -0.4 is 4.74 Å². The first-order chi connectivity index (χ1) is 20.0. The number of benzene rings is 2. The third-order valence-electron chi connectivity index (χ3n) is 6.42. The molecule has 1 aliphatic rings. The molecule has 0 atom stereocenters. The van der Waals surface area contributed by atoms with E-state index < -0.39 is 29.9 Å². The SMILES string of the molecule is CCc1c(CCN2CC(C(=O)O)C2)cccc1-c1nnc(-c2ccc(OC(C)C)c(C(F)(F)F)c2)s1.O=C(O)C(F)(F)F. The molecule has 3 aromatic rings. The first kappa shape index (κ1) is 33.8. The summed E-state index contributed by atoms with van der Waals surface area (Å²) in [6.45, 7) is 7.32. The van der Waals surface area contributed by atoms with Gasteiger partial charge in [0.15, 0.2) is 0 Å². The molecule has 0 amide bonds. The summed E-state index contributed by atoms with van der Waals surface area (Å²) in [6, 6.07) is 9.94. The topological polar surface area (TPSA) is 113 Å². The van der Waals surface area contributed by atoms with Gasteiger partial charge in [-0.05, 0) is 56.0 Å². The van der Waals surface area contributed by atoms with Crippen LogP contribution in [-0.4, -0.2) is 69.2 Å². The molecule has 0 radical (unpaired) electrons.